The van der Waals surface area contributed by atoms with Gasteiger partial charge in [-0.3, -0.25) is 4.90 Å². The molecule has 0 saturated heterocycles. The van der Waals surface area contributed by atoms with Gasteiger partial charge in [-0.15, -0.1) is 0 Å². The van der Waals surface area contributed by atoms with Crippen LogP contribution in [0.15, 0.2) is 0 Å². The second-order valence-corrected chi connectivity index (χ2v) is 4.34. The number of hydrogen-bond donors (Lipinski definition) is 2. The van der Waals surface area contributed by atoms with Gasteiger partial charge in [0.15, 0.2) is 0 Å². The molecule has 1 rings (SSSR count). The van der Waals surface area contributed by atoms with Crippen molar-refractivity contribution in [3.05, 3.63) is 0 Å². The molecule has 0 heterocycles. The number of aliphatic hydroxyl groups is 1. The van der Waals surface area contributed by atoms with Crippen LogP contribution in [0.2, 0.25) is 0 Å². The summed E-state index contributed by atoms with van der Waals surface area (Å²) in [4.78, 5) is 2.40. The van der Waals surface area contributed by atoms with Gasteiger partial charge in [0.1, 0.15) is 0 Å². The molecular formula is C11H24N2O. The van der Waals surface area contributed by atoms with Crippen LogP contribution in [0, 0.1) is 0 Å². The molecule has 1 fully saturated rings. The van der Waals surface area contributed by atoms with Gasteiger partial charge in [0, 0.05) is 18.6 Å². The highest BCUT2D eigenvalue weighted by Gasteiger charge is 2.23. The lowest BCUT2D eigenvalue weighted by atomic mass is 9.90. The van der Waals surface area contributed by atoms with E-state index >= 15 is 0 Å². The number of nitrogens with zero attached hydrogens (tertiary/aromatic N) is 1. The average Bonchev–Trinajstić information content (AvgIpc) is 2.17. The van der Waals surface area contributed by atoms with Crippen LogP contribution in [0.3, 0.4) is 0 Å². The summed E-state index contributed by atoms with van der Waals surface area (Å²) < 4.78 is 0. The van der Waals surface area contributed by atoms with Crippen LogP contribution in [0.4, 0.5) is 0 Å². The van der Waals surface area contributed by atoms with Gasteiger partial charge in [0.25, 0.3) is 0 Å². The minimum atomic E-state index is 0.270. The first-order chi connectivity index (χ1) is 6.77. The van der Waals surface area contributed by atoms with Gasteiger partial charge in [-0.25, -0.2) is 0 Å². The zero-order valence-corrected chi connectivity index (χ0v) is 9.28. The fourth-order valence-electron chi connectivity index (χ4n) is 2.43. The van der Waals surface area contributed by atoms with Crippen molar-refractivity contribution in [1.29, 1.82) is 0 Å². The number of nitrogens with two attached hydrogens (primary N) is 1. The van der Waals surface area contributed by atoms with E-state index in [0.717, 1.165) is 25.9 Å². The van der Waals surface area contributed by atoms with Crippen LogP contribution in [0.5, 0.6) is 0 Å². The Morgan fingerprint density at radius 1 is 1.36 bits per heavy atom. The molecule has 0 radical (unpaired) electrons. The first-order valence-corrected chi connectivity index (χ1v) is 5.88. The van der Waals surface area contributed by atoms with E-state index in [9.17, 15) is 0 Å². The van der Waals surface area contributed by atoms with Crippen molar-refractivity contribution in [3.8, 4) is 0 Å². The van der Waals surface area contributed by atoms with Crippen LogP contribution >= 0.6 is 0 Å². The second-order valence-electron chi connectivity index (χ2n) is 4.34. The maximum absolute atomic E-state index is 8.99. The van der Waals surface area contributed by atoms with Crippen LogP contribution < -0.4 is 5.73 Å². The van der Waals surface area contributed by atoms with E-state index < -0.39 is 0 Å². The molecule has 0 aliphatic heterocycles. The summed E-state index contributed by atoms with van der Waals surface area (Å²) in [5.41, 5.74) is 5.97. The molecule has 1 aliphatic rings. The maximum Gasteiger partial charge on any atom is 0.0558 e. The molecule has 2 atom stereocenters. The Balaban J connectivity index is 2.39. The summed E-state index contributed by atoms with van der Waals surface area (Å²) in [5, 5.41) is 8.99. The Labute approximate surface area is 87.3 Å². The van der Waals surface area contributed by atoms with Crippen molar-refractivity contribution < 1.29 is 5.11 Å². The topological polar surface area (TPSA) is 49.5 Å². The third-order valence-corrected chi connectivity index (χ3v) is 3.10. The Morgan fingerprint density at radius 3 is 2.71 bits per heavy atom. The lowest BCUT2D eigenvalue weighted by molar-refractivity contribution is 0.118. The lowest BCUT2D eigenvalue weighted by Crippen LogP contribution is -2.44. The monoisotopic (exact) mass is 200 g/mol. The molecule has 3 N–H and O–H groups in total. The van der Waals surface area contributed by atoms with Crippen LogP contribution in [-0.2, 0) is 0 Å². The summed E-state index contributed by atoms with van der Waals surface area (Å²) in [6.07, 6.45) is 5.95. The first-order valence-electron chi connectivity index (χ1n) is 5.88. The summed E-state index contributed by atoms with van der Waals surface area (Å²) in [7, 11) is 0. The normalized spacial score (nSPS) is 28.3. The fourth-order valence-corrected chi connectivity index (χ4v) is 2.43. The van der Waals surface area contributed by atoms with Crippen molar-refractivity contribution in [2.75, 3.05) is 19.7 Å². The Morgan fingerprint density at radius 2 is 2.14 bits per heavy atom. The van der Waals surface area contributed by atoms with Gasteiger partial charge in [0.05, 0.1) is 6.61 Å². The zero-order valence-electron chi connectivity index (χ0n) is 9.28. The molecule has 14 heavy (non-hydrogen) atoms. The van der Waals surface area contributed by atoms with E-state index in [1.807, 2.05) is 0 Å². The second kappa shape index (κ2) is 6.38. The van der Waals surface area contributed by atoms with Crippen LogP contribution in [-0.4, -0.2) is 41.8 Å². The van der Waals surface area contributed by atoms with Crippen molar-refractivity contribution in [2.45, 2.75) is 51.1 Å². The minimum Gasteiger partial charge on any atom is -0.395 e. The first kappa shape index (κ1) is 12.0. The molecule has 1 aliphatic carbocycles. The molecule has 0 aromatic heterocycles. The highest BCUT2D eigenvalue weighted by Crippen LogP contribution is 2.21. The molecule has 0 spiro atoms. The summed E-state index contributed by atoms with van der Waals surface area (Å²) in [6.45, 7) is 4.36. The van der Waals surface area contributed by atoms with Crippen molar-refractivity contribution in [3.63, 3.8) is 0 Å². The molecule has 0 aromatic rings. The molecule has 1 saturated carbocycles. The number of aliphatic hydroxyl groups excluding tert-OH is 1. The van der Waals surface area contributed by atoms with E-state index in [0.29, 0.717) is 12.1 Å². The molecular weight excluding hydrogens is 176 g/mol. The van der Waals surface area contributed by atoms with Gasteiger partial charge in [0.2, 0.25) is 0 Å². The summed E-state index contributed by atoms with van der Waals surface area (Å²) in [5.74, 6) is 0. The SMILES string of the molecule is CCCN(CCO)C1CCCC(N)C1. The highest BCUT2D eigenvalue weighted by molar-refractivity contribution is 4.81. The van der Waals surface area contributed by atoms with Crippen molar-refractivity contribution in [2.24, 2.45) is 5.73 Å². The van der Waals surface area contributed by atoms with Gasteiger partial charge in [-0.1, -0.05) is 13.3 Å². The predicted molar refractivity (Wildman–Crippen MR) is 59.2 cm³/mol. The maximum atomic E-state index is 8.99. The summed E-state index contributed by atoms with van der Waals surface area (Å²) >= 11 is 0. The largest absolute Gasteiger partial charge is 0.395 e. The molecule has 2 unspecified atom stereocenters. The predicted octanol–water partition coefficient (Wildman–Crippen LogP) is 0.961. The minimum absolute atomic E-state index is 0.270. The van der Waals surface area contributed by atoms with Crippen molar-refractivity contribution >= 4 is 0 Å². The highest BCUT2D eigenvalue weighted by atomic mass is 16.3. The number of hydrogen-bond acceptors (Lipinski definition) is 3. The Bertz CT molecular complexity index is 143. The molecule has 3 nitrogen and oxygen atoms in total. The molecule has 0 amide bonds. The molecule has 0 bridgehead atoms. The molecule has 3 heteroatoms. The standard InChI is InChI=1S/C11H24N2O/c1-2-6-13(7-8-14)11-5-3-4-10(12)9-11/h10-11,14H,2-9,12H2,1H3. The quantitative estimate of drug-likeness (QED) is 0.695. The van der Waals surface area contributed by atoms with Crippen LogP contribution in [0.25, 0.3) is 0 Å². The van der Waals surface area contributed by atoms with Gasteiger partial charge >= 0.3 is 0 Å². The third kappa shape index (κ3) is 3.56. The Hall–Kier alpha value is -0.120. The van der Waals surface area contributed by atoms with E-state index in [1.165, 1.54) is 19.3 Å². The molecule has 0 aromatic carbocycles. The third-order valence-electron chi connectivity index (χ3n) is 3.10. The average molecular weight is 200 g/mol. The van der Waals surface area contributed by atoms with E-state index in [4.69, 9.17) is 10.8 Å². The van der Waals surface area contributed by atoms with Gasteiger partial charge in [-0.05, 0) is 32.2 Å². The lowest BCUT2D eigenvalue weighted by Gasteiger charge is -2.36. The molecule has 84 valence electrons. The van der Waals surface area contributed by atoms with E-state index in [2.05, 4.69) is 11.8 Å². The van der Waals surface area contributed by atoms with Crippen LogP contribution in [0.1, 0.15) is 39.0 Å². The van der Waals surface area contributed by atoms with E-state index in [1.54, 1.807) is 0 Å². The Kier molecular flexibility index (Phi) is 5.45. The smallest absolute Gasteiger partial charge is 0.0558 e. The van der Waals surface area contributed by atoms with Gasteiger partial charge < -0.3 is 10.8 Å². The van der Waals surface area contributed by atoms with E-state index in [-0.39, 0.29) is 6.61 Å². The zero-order chi connectivity index (χ0) is 10.4. The number of rotatable bonds is 5. The van der Waals surface area contributed by atoms with Gasteiger partial charge in [-0.2, -0.15) is 0 Å². The van der Waals surface area contributed by atoms with Crippen molar-refractivity contribution in [1.82, 2.24) is 4.90 Å². The fraction of sp³-hybridized carbons (Fsp3) is 1.00. The summed E-state index contributed by atoms with van der Waals surface area (Å²) in [6, 6.07) is 0.998.